The molecule has 6 nitrogen and oxygen atoms in total. The topological polar surface area (TPSA) is 63.5 Å². The predicted octanol–water partition coefficient (Wildman–Crippen LogP) is 3.32. The Morgan fingerprint density at radius 2 is 1.96 bits per heavy atom. The van der Waals surface area contributed by atoms with Crippen LogP contribution in [0, 0.1) is 17.7 Å². The van der Waals surface area contributed by atoms with Crippen molar-refractivity contribution in [1.82, 2.24) is 15.0 Å². The van der Waals surface area contributed by atoms with Crippen molar-refractivity contribution in [2.75, 3.05) is 25.1 Å². The minimum Gasteiger partial charge on any atom is -0.399 e. The fourth-order valence-corrected chi connectivity index (χ4v) is 3.97. The summed E-state index contributed by atoms with van der Waals surface area (Å²) in [5.41, 5.74) is 1.19. The molecule has 24 heavy (non-hydrogen) atoms. The quantitative estimate of drug-likeness (QED) is 0.461. The second-order valence-corrected chi connectivity index (χ2v) is 6.71. The lowest BCUT2D eigenvalue weighted by molar-refractivity contribution is 0.209. The minimum atomic E-state index is -0.679. The normalized spacial score (nSPS) is 23.0. The van der Waals surface area contributed by atoms with Gasteiger partial charge in [0.1, 0.15) is 18.4 Å². The summed E-state index contributed by atoms with van der Waals surface area (Å²) in [5, 5.41) is 4.45. The molecule has 1 saturated heterocycles. The number of rotatable bonds is 2. The van der Waals surface area contributed by atoms with Crippen molar-refractivity contribution < 1.29 is 9.23 Å². The van der Waals surface area contributed by atoms with Crippen LogP contribution in [0.15, 0.2) is 11.4 Å². The van der Waals surface area contributed by atoms with E-state index in [4.69, 9.17) is 28.0 Å². The molecule has 1 aliphatic carbocycles. The highest BCUT2D eigenvalue weighted by atomic mass is 35.5. The van der Waals surface area contributed by atoms with Crippen LogP contribution < -0.4 is 4.90 Å². The van der Waals surface area contributed by atoms with Gasteiger partial charge in [-0.2, -0.15) is 4.98 Å². The standard InChI is InChI=1S/C15H14Cl2FN5O/c1-24-22-11-7-2-3-8(11)6-23(5-7)14-9-4-19-13(16)10(18)12(9)20-15(17)21-14/h4,7-8H,2-3,5-6H2,1H3. The van der Waals surface area contributed by atoms with Gasteiger partial charge < -0.3 is 9.74 Å². The van der Waals surface area contributed by atoms with E-state index in [9.17, 15) is 4.39 Å². The van der Waals surface area contributed by atoms with E-state index in [0.29, 0.717) is 23.0 Å². The molecular formula is C15H14Cl2FN5O. The molecule has 126 valence electrons. The van der Waals surface area contributed by atoms with E-state index in [0.717, 1.165) is 31.6 Å². The van der Waals surface area contributed by atoms with Gasteiger partial charge in [-0.15, -0.1) is 0 Å². The Morgan fingerprint density at radius 1 is 1.25 bits per heavy atom. The lowest BCUT2D eigenvalue weighted by atomic mass is 9.96. The van der Waals surface area contributed by atoms with E-state index in [1.165, 1.54) is 6.20 Å². The molecule has 1 saturated carbocycles. The SMILES string of the molecule is CON=C1C2CCC1CN(c1nc(Cl)nc3c(F)c(Cl)ncc13)C2. The van der Waals surface area contributed by atoms with Gasteiger partial charge >= 0.3 is 0 Å². The first-order chi connectivity index (χ1) is 11.6. The lowest BCUT2D eigenvalue weighted by Crippen LogP contribution is -2.43. The summed E-state index contributed by atoms with van der Waals surface area (Å²) in [6.45, 7) is 1.46. The molecule has 0 spiro atoms. The Balaban J connectivity index is 1.78. The van der Waals surface area contributed by atoms with Gasteiger partial charge in [-0.1, -0.05) is 16.8 Å². The monoisotopic (exact) mass is 369 g/mol. The minimum absolute atomic E-state index is 0.0117. The number of aromatic nitrogens is 3. The number of oxime groups is 1. The summed E-state index contributed by atoms with van der Waals surface area (Å²) in [4.78, 5) is 19.3. The molecule has 2 bridgehead atoms. The van der Waals surface area contributed by atoms with E-state index >= 15 is 0 Å². The van der Waals surface area contributed by atoms with Crippen LogP contribution in [0.25, 0.3) is 10.9 Å². The van der Waals surface area contributed by atoms with Gasteiger partial charge in [-0.05, 0) is 24.4 Å². The van der Waals surface area contributed by atoms with Crippen molar-refractivity contribution in [3.63, 3.8) is 0 Å². The Kier molecular flexibility index (Phi) is 3.92. The van der Waals surface area contributed by atoms with Crippen molar-refractivity contribution in [2.45, 2.75) is 12.8 Å². The molecule has 2 unspecified atom stereocenters. The van der Waals surface area contributed by atoms with Crippen LogP contribution in [0.5, 0.6) is 0 Å². The Hall–Kier alpha value is -1.73. The number of anilines is 1. The van der Waals surface area contributed by atoms with Crippen LogP contribution >= 0.6 is 23.2 Å². The van der Waals surface area contributed by atoms with Crippen molar-refractivity contribution in [3.05, 3.63) is 22.5 Å². The molecule has 0 amide bonds. The summed E-state index contributed by atoms with van der Waals surface area (Å²) in [6, 6.07) is 0. The summed E-state index contributed by atoms with van der Waals surface area (Å²) in [5.74, 6) is 0.512. The van der Waals surface area contributed by atoms with Crippen molar-refractivity contribution in [1.29, 1.82) is 0 Å². The number of halogens is 3. The number of hydrogen-bond donors (Lipinski definition) is 0. The summed E-state index contributed by atoms with van der Waals surface area (Å²) < 4.78 is 14.3. The number of piperidine rings is 1. The first-order valence-electron chi connectivity index (χ1n) is 7.61. The first kappa shape index (κ1) is 15.8. The predicted molar refractivity (Wildman–Crippen MR) is 90.2 cm³/mol. The molecule has 2 atom stereocenters. The largest absolute Gasteiger partial charge is 0.399 e. The summed E-state index contributed by atoms with van der Waals surface area (Å²) >= 11 is 11.8. The van der Waals surface area contributed by atoms with Gasteiger partial charge in [0.25, 0.3) is 0 Å². The van der Waals surface area contributed by atoms with Gasteiger partial charge in [0.15, 0.2) is 11.0 Å². The summed E-state index contributed by atoms with van der Waals surface area (Å²) in [6.07, 6.45) is 3.60. The van der Waals surface area contributed by atoms with Crippen LogP contribution in [0.3, 0.4) is 0 Å². The molecule has 4 rings (SSSR count). The lowest BCUT2D eigenvalue weighted by Gasteiger charge is -2.34. The van der Waals surface area contributed by atoms with E-state index < -0.39 is 5.82 Å². The average molecular weight is 370 g/mol. The molecule has 2 fully saturated rings. The molecular weight excluding hydrogens is 356 g/mol. The van der Waals surface area contributed by atoms with E-state index in [2.05, 4.69) is 25.0 Å². The molecule has 1 aliphatic heterocycles. The highest BCUT2D eigenvalue weighted by molar-refractivity contribution is 6.30. The van der Waals surface area contributed by atoms with E-state index in [1.54, 1.807) is 7.11 Å². The van der Waals surface area contributed by atoms with Crippen molar-refractivity contribution in [2.24, 2.45) is 17.0 Å². The number of nitrogens with zero attached hydrogens (tertiary/aromatic N) is 5. The van der Waals surface area contributed by atoms with Crippen LogP contribution in [0.1, 0.15) is 12.8 Å². The van der Waals surface area contributed by atoms with Crippen LogP contribution in [0.2, 0.25) is 10.4 Å². The molecule has 3 heterocycles. The third-order valence-electron chi connectivity index (χ3n) is 4.67. The maximum absolute atomic E-state index is 14.3. The van der Waals surface area contributed by atoms with Crippen LogP contribution in [-0.4, -0.2) is 40.9 Å². The van der Waals surface area contributed by atoms with Gasteiger partial charge in [0, 0.05) is 31.1 Å². The average Bonchev–Trinajstić information content (AvgIpc) is 2.80. The smallest absolute Gasteiger partial charge is 0.225 e. The zero-order valence-electron chi connectivity index (χ0n) is 12.8. The van der Waals surface area contributed by atoms with Gasteiger partial charge in [-0.3, -0.25) is 0 Å². The van der Waals surface area contributed by atoms with Crippen LogP contribution in [0.4, 0.5) is 10.2 Å². The van der Waals surface area contributed by atoms with E-state index in [-0.39, 0.29) is 16.0 Å². The first-order valence-corrected chi connectivity index (χ1v) is 8.37. The summed E-state index contributed by atoms with van der Waals surface area (Å²) in [7, 11) is 1.56. The molecule has 2 aromatic rings. The highest BCUT2D eigenvalue weighted by Crippen LogP contribution is 2.38. The van der Waals surface area contributed by atoms with Crippen molar-refractivity contribution >= 4 is 45.6 Å². The molecule has 9 heteroatoms. The van der Waals surface area contributed by atoms with Gasteiger partial charge in [0.05, 0.1) is 11.1 Å². The fraction of sp³-hybridized carbons (Fsp3) is 0.467. The zero-order chi connectivity index (χ0) is 16.8. The third-order valence-corrected chi connectivity index (χ3v) is 5.10. The Morgan fingerprint density at radius 3 is 2.62 bits per heavy atom. The second kappa shape index (κ2) is 5.97. The maximum atomic E-state index is 14.3. The Bertz CT molecular complexity index is 830. The molecule has 0 aromatic carbocycles. The van der Waals surface area contributed by atoms with Crippen LogP contribution in [-0.2, 0) is 4.84 Å². The highest BCUT2D eigenvalue weighted by Gasteiger charge is 2.40. The second-order valence-electron chi connectivity index (χ2n) is 6.02. The number of pyridine rings is 1. The van der Waals surface area contributed by atoms with Crippen molar-refractivity contribution in [3.8, 4) is 0 Å². The Labute approximate surface area is 147 Å². The molecule has 0 radical (unpaired) electrons. The number of fused-ring (bicyclic) bond motifs is 3. The molecule has 2 aliphatic rings. The molecule has 0 N–H and O–H groups in total. The third kappa shape index (κ3) is 2.46. The maximum Gasteiger partial charge on any atom is 0.225 e. The zero-order valence-corrected chi connectivity index (χ0v) is 14.4. The van der Waals surface area contributed by atoms with Gasteiger partial charge in [-0.25, -0.2) is 14.4 Å². The van der Waals surface area contributed by atoms with E-state index in [1.807, 2.05) is 0 Å². The number of hydrogen-bond acceptors (Lipinski definition) is 6. The van der Waals surface area contributed by atoms with Gasteiger partial charge in [0.2, 0.25) is 5.28 Å². The fourth-order valence-electron chi connectivity index (χ4n) is 3.67. The molecule has 2 aromatic heterocycles.